The number of rotatable bonds is 5. The minimum absolute atomic E-state index is 0.0849. The molecule has 2 N–H and O–H groups in total. The third-order valence-electron chi connectivity index (χ3n) is 2.80. The molecule has 0 heterocycles. The van der Waals surface area contributed by atoms with Crippen LogP contribution in [0.4, 0.5) is 10.5 Å². The number of anilines is 1. The number of hydrogen-bond acceptors (Lipinski definition) is 2. The van der Waals surface area contributed by atoms with Crippen molar-refractivity contribution in [2.75, 3.05) is 11.9 Å². The van der Waals surface area contributed by atoms with Gasteiger partial charge in [-0.15, -0.1) is 0 Å². The van der Waals surface area contributed by atoms with Crippen molar-refractivity contribution in [1.82, 2.24) is 4.90 Å². The highest BCUT2D eigenvalue weighted by Crippen LogP contribution is 2.30. The van der Waals surface area contributed by atoms with Gasteiger partial charge < -0.3 is 15.3 Å². The number of urea groups is 1. The first kappa shape index (κ1) is 17.0. The lowest BCUT2D eigenvalue weighted by atomic mass is 10.2. The SMILES string of the molecule is CCN(C(=O)Nc1c(Br)cccc1Br)C(C)CC(=O)O. The van der Waals surface area contributed by atoms with Gasteiger partial charge in [-0.05, 0) is 57.8 Å². The van der Waals surface area contributed by atoms with Crippen molar-refractivity contribution in [3.63, 3.8) is 0 Å². The Morgan fingerprint density at radius 1 is 1.35 bits per heavy atom. The van der Waals surface area contributed by atoms with Gasteiger partial charge in [0.15, 0.2) is 0 Å². The summed E-state index contributed by atoms with van der Waals surface area (Å²) in [5, 5.41) is 11.6. The van der Waals surface area contributed by atoms with Gasteiger partial charge in [-0.25, -0.2) is 4.79 Å². The van der Waals surface area contributed by atoms with Gasteiger partial charge in [0.1, 0.15) is 0 Å². The Labute approximate surface area is 134 Å². The van der Waals surface area contributed by atoms with Gasteiger partial charge in [-0.3, -0.25) is 4.79 Å². The third-order valence-corrected chi connectivity index (χ3v) is 4.12. The van der Waals surface area contributed by atoms with Crippen molar-refractivity contribution >= 4 is 49.5 Å². The quantitative estimate of drug-likeness (QED) is 0.776. The Bertz CT molecular complexity index is 488. The van der Waals surface area contributed by atoms with E-state index in [-0.39, 0.29) is 18.5 Å². The van der Waals surface area contributed by atoms with Crippen LogP contribution in [0.15, 0.2) is 27.1 Å². The molecule has 0 saturated heterocycles. The Kier molecular flexibility index (Phi) is 6.48. The molecule has 0 aliphatic heterocycles. The summed E-state index contributed by atoms with van der Waals surface area (Å²) in [7, 11) is 0. The van der Waals surface area contributed by atoms with E-state index < -0.39 is 5.97 Å². The molecule has 0 bridgehead atoms. The zero-order valence-corrected chi connectivity index (χ0v) is 14.4. The van der Waals surface area contributed by atoms with Crippen LogP contribution in [0, 0.1) is 0 Å². The molecule has 0 aliphatic rings. The van der Waals surface area contributed by atoms with Crippen molar-refractivity contribution in [2.24, 2.45) is 0 Å². The highest BCUT2D eigenvalue weighted by molar-refractivity contribution is 9.11. The van der Waals surface area contributed by atoms with Crippen LogP contribution in [0.5, 0.6) is 0 Å². The molecule has 0 spiro atoms. The van der Waals surface area contributed by atoms with Gasteiger partial charge in [0.25, 0.3) is 0 Å². The molecule has 7 heteroatoms. The molecule has 20 heavy (non-hydrogen) atoms. The number of carboxylic acids is 1. The van der Waals surface area contributed by atoms with Crippen LogP contribution in [-0.2, 0) is 4.79 Å². The minimum Gasteiger partial charge on any atom is -0.481 e. The average molecular weight is 408 g/mol. The van der Waals surface area contributed by atoms with Crippen LogP contribution in [-0.4, -0.2) is 34.6 Å². The van der Waals surface area contributed by atoms with Crippen LogP contribution < -0.4 is 5.32 Å². The van der Waals surface area contributed by atoms with Gasteiger partial charge in [0, 0.05) is 21.5 Å². The number of halogens is 2. The Morgan fingerprint density at radius 3 is 2.35 bits per heavy atom. The third kappa shape index (κ3) is 4.49. The Balaban J connectivity index is 2.85. The van der Waals surface area contributed by atoms with E-state index in [4.69, 9.17) is 5.11 Å². The number of benzene rings is 1. The van der Waals surface area contributed by atoms with Crippen molar-refractivity contribution < 1.29 is 14.7 Å². The molecular weight excluding hydrogens is 392 g/mol. The number of carbonyl (C=O) groups is 2. The van der Waals surface area contributed by atoms with Crippen LogP contribution in [0.25, 0.3) is 0 Å². The van der Waals surface area contributed by atoms with E-state index in [0.717, 1.165) is 8.95 Å². The summed E-state index contributed by atoms with van der Waals surface area (Å²) in [6.45, 7) is 3.96. The van der Waals surface area contributed by atoms with E-state index in [1.165, 1.54) is 4.90 Å². The van der Waals surface area contributed by atoms with Gasteiger partial charge in [0.05, 0.1) is 12.1 Å². The lowest BCUT2D eigenvalue weighted by molar-refractivity contribution is -0.137. The maximum Gasteiger partial charge on any atom is 0.322 e. The number of nitrogens with one attached hydrogen (secondary N) is 1. The van der Waals surface area contributed by atoms with Gasteiger partial charge >= 0.3 is 12.0 Å². The molecule has 1 atom stereocenters. The number of para-hydroxylation sites is 1. The number of carboxylic acid groups (broad SMARTS) is 1. The zero-order chi connectivity index (χ0) is 15.3. The first-order valence-corrected chi connectivity index (χ1v) is 7.68. The highest BCUT2D eigenvalue weighted by atomic mass is 79.9. The van der Waals surface area contributed by atoms with Gasteiger partial charge in [0.2, 0.25) is 0 Å². The smallest absolute Gasteiger partial charge is 0.322 e. The van der Waals surface area contributed by atoms with Crippen LogP contribution in [0.1, 0.15) is 20.3 Å². The van der Waals surface area contributed by atoms with Crippen LogP contribution >= 0.6 is 31.9 Å². The molecular formula is C13H16Br2N2O3. The second-order valence-corrected chi connectivity index (χ2v) is 5.97. The van der Waals surface area contributed by atoms with E-state index in [1.54, 1.807) is 6.92 Å². The largest absolute Gasteiger partial charge is 0.481 e. The molecule has 0 aliphatic carbocycles. The number of amides is 2. The summed E-state index contributed by atoms with van der Waals surface area (Å²) in [4.78, 5) is 24.5. The lowest BCUT2D eigenvalue weighted by Crippen LogP contribution is -2.42. The summed E-state index contributed by atoms with van der Waals surface area (Å²) in [5.41, 5.74) is 0.624. The zero-order valence-electron chi connectivity index (χ0n) is 11.2. The maximum absolute atomic E-state index is 12.3. The van der Waals surface area contributed by atoms with Gasteiger partial charge in [-0.1, -0.05) is 6.07 Å². The monoisotopic (exact) mass is 406 g/mol. The number of carbonyl (C=O) groups excluding carboxylic acids is 1. The molecule has 0 fully saturated rings. The number of hydrogen-bond donors (Lipinski definition) is 2. The summed E-state index contributed by atoms with van der Waals surface area (Å²) in [6, 6.07) is 4.77. The molecule has 1 aromatic rings. The minimum atomic E-state index is -0.925. The van der Waals surface area contributed by atoms with Crippen molar-refractivity contribution in [3.8, 4) is 0 Å². The summed E-state index contributed by atoms with van der Waals surface area (Å²) in [6.07, 6.45) is -0.0849. The molecule has 2 amide bonds. The van der Waals surface area contributed by atoms with E-state index >= 15 is 0 Å². The molecule has 5 nitrogen and oxygen atoms in total. The summed E-state index contributed by atoms with van der Waals surface area (Å²) < 4.78 is 1.50. The van der Waals surface area contributed by atoms with E-state index in [0.29, 0.717) is 12.2 Å². The Hall–Kier alpha value is -1.08. The number of aliphatic carboxylic acids is 1. The van der Waals surface area contributed by atoms with Crippen molar-refractivity contribution in [2.45, 2.75) is 26.3 Å². The van der Waals surface area contributed by atoms with Crippen LogP contribution in [0.3, 0.4) is 0 Å². The summed E-state index contributed by atoms with van der Waals surface area (Å²) >= 11 is 6.73. The standard InChI is InChI=1S/C13H16Br2N2O3/c1-3-17(8(2)7-11(18)19)13(20)16-12-9(14)5-4-6-10(12)15/h4-6,8H,3,7H2,1-2H3,(H,16,20)(H,18,19). The predicted octanol–water partition coefficient (Wildman–Crippen LogP) is 3.93. The van der Waals surface area contributed by atoms with Crippen LogP contribution in [0.2, 0.25) is 0 Å². The molecule has 0 radical (unpaired) electrons. The van der Waals surface area contributed by atoms with E-state index in [9.17, 15) is 9.59 Å². The number of nitrogens with zero attached hydrogens (tertiary/aromatic N) is 1. The van der Waals surface area contributed by atoms with E-state index in [1.807, 2.05) is 25.1 Å². The fourth-order valence-electron chi connectivity index (χ4n) is 1.81. The molecule has 110 valence electrons. The Morgan fingerprint density at radius 2 is 1.90 bits per heavy atom. The average Bonchev–Trinajstić information content (AvgIpc) is 2.34. The topological polar surface area (TPSA) is 69.6 Å². The predicted molar refractivity (Wildman–Crippen MR) is 85.0 cm³/mol. The summed E-state index contributed by atoms with van der Waals surface area (Å²) in [5.74, 6) is -0.925. The molecule has 1 aromatic carbocycles. The molecule has 0 aromatic heterocycles. The van der Waals surface area contributed by atoms with Gasteiger partial charge in [-0.2, -0.15) is 0 Å². The lowest BCUT2D eigenvalue weighted by Gasteiger charge is -2.27. The fraction of sp³-hybridized carbons (Fsp3) is 0.385. The first-order valence-electron chi connectivity index (χ1n) is 6.10. The van der Waals surface area contributed by atoms with E-state index in [2.05, 4.69) is 37.2 Å². The second-order valence-electron chi connectivity index (χ2n) is 4.26. The maximum atomic E-state index is 12.3. The van der Waals surface area contributed by atoms with Crippen molar-refractivity contribution in [1.29, 1.82) is 0 Å². The van der Waals surface area contributed by atoms with Crippen molar-refractivity contribution in [3.05, 3.63) is 27.1 Å². The molecule has 0 saturated carbocycles. The first-order chi connectivity index (χ1) is 9.36. The fourth-order valence-corrected chi connectivity index (χ4v) is 3.01. The molecule has 1 unspecified atom stereocenters. The molecule has 1 rings (SSSR count). The second kappa shape index (κ2) is 7.64. The highest BCUT2D eigenvalue weighted by Gasteiger charge is 2.21. The normalized spacial score (nSPS) is 11.8.